The third kappa shape index (κ3) is 4.57. The number of sulfonamides is 1. The molecule has 2 aliphatic heterocycles. The number of aromatic amines is 1. The molecule has 1 amide bonds. The highest BCUT2D eigenvalue weighted by molar-refractivity contribution is 7.89. The molecule has 0 aliphatic carbocycles. The van der Waals surface area contributed by atoms with Crippen molar-refractivity contribution in [2.75, 3.05) is 25.4 Å². The van der Waals surface area contributed by atoms with Crippen molar-refractivity contribution < 1.29 is 13.2 Å². The van der Waals surface area contributed by atoms with Gasteiger partial charge >= 0.3 is 0 Å². The molecule has 0 spiro atoms. The number of aryl methyl sites for hydroxylation is 1. The highest BCUT2D eigenvalue weighted by Gasteiger charge is 2.32. The summed E-state index contributed by atoms with van der Waals surface area (Å²) in [5, 5.41) is 0. The Balaban J connectivity index is 1.45. The quantitative estimate of drug-likeness (QED) is 0.750. The van der Waals surface area contributed by atoms with Crippen molar-refractivity contribution in [3.63, 3.8) is 0 Å². The van der Waals surface area contributed by atoms with Gasteiger partial charge in [0.25, 0.3) is 5.56 Å². The molecule has 0 saturated carbocycles. The maximum Gasteiger partial charge on any atom is 0.255 e. The second-order valence-electron chi connectivity index (χ2n) is 8.35. The topological polar surface area (TPSA) is 103 Å². The fraction of sp³-hybridized carbons (Fsp3) is 0.500. The summed E-state index contributed by atoms with van der Waals surface area (Å²) >= 11 is 0. The fourth-order valence-corrected chi connectivity index (χ4v) is 5.30. The molecule has 8 nitrogen and oxygen atoms in total. The number of hydrogen-bond acceptors (Lipinski definition) is 5. The number of amides is 1. The van der Waals surface area contributed by atoms with E-state index >= 15 is 0 Å². The lowest BCUT2D eigenvalue weighted by Crippen LogP contribution is -2.40. The smallest absolute Gasteiger partial charge is 0.255 e. The number of carbonyl (C=O) groups excluding carboxylic acids is 1. The Kier molecular flexibility index (Phi) is 5.98. The molecular weight excluding hydrogens is 416 g/mol. The summed E-state index contributed by atoms with van der Waals surface area (Å²) in [4.78, 5) is 34.8. The first-order valence-corrected chi connectivity index (χ1v) is 12.3. The van der Waals surface area contributed by atoms with E-state index in [2.05, 4.69) is 9.97 Å². The molecule has 1 aromatic carbocycles. The number of likely N-dealkylation sites (tertiary alicyclic amines) is 1. The number of hydrogen-bond donors (Lipinski definition) is 1. The van der Waals surface area contributed by atoms with Crippen LogP contribution in [0.15, 0.2) is 29.1 Å². The van der Waals surface area contributed by atoms with Gasteiger partial charge in [0, 0.05) is 38.5 Å². The maximum absolute atomic E-state index is 12.7. The summed E-state index contributed by atoms with van der Waals surface area (Å²) in [7, 11) is -3.34. The molecule has 4 rings (SSSR count). The van der Waals surface area contributed by atoms with Crippen LogP contribution >= 0.6 is 0 Å². The third-order valence-corrected chi connectivity index (χ3v) is 8.04. The zero-order valence-corrected chi connectivity index (χ0v) is 18.7. The molecule has 2 aromatic rings. The van der Waals surface area contributed by atoms with Crippen LogP contribution in [0.5, 0.6) is 0 Å². The van der Waals surface area contributed by atoms with Crippen molar-refractivity contribution >= 4 is 15.9 Å². The van der Waals surface area contributed by atoms with Gasteiger partial charge in [-0.2, -0.15) is 4.31 Å². The van der Waals surface area contributed by atoms with E-state index in [0.717, 1.165) is 17.5 Å². The number of fused-ring (bicyclic) bond motifs is 1. The van der Waals surface area contributed by atoms with E-state index in [9.17, 15) is 18.0 Å². The lowest BCUT2D eigenvalue weighted by Gasteiger charge is -2.27. The van der Waals surface area contributed by atoms with Crippen molar-refractivity contribution in [1.29, 1.82) is 0 Å². The van der Waals surface area contributed by atoms with Gasteiger partial charge in [0.2, 0.25) is 15.9 Å². The number of H-pyrrole nitrogens is 1. The minimum absolute atomic E-state index is 0.0142. The lowest BCUT2D eigenvalue weighted by atomic mass is 10.1. The molecule has 2 aliphatic rings. The Morgan fingerprint density at radius 3 is 2.68 bits per heavy atom. The van der Waals surface area contributed by atoms with Crippen LogP contribution in [-0.4, -0.2) is 58.9 Å². The van der Waals surface area contributed by atoms with Gasteiger partial charge in [-0.05, 0) is 25.8 Å². The van der Waals surface area contributed by atoms with Crippen LogP contribution in [-0.2, 0) is 34.2 Å². The first-order chi connectivity index (χ1) is 14.8. The number of nitrogens with zero attached hydrogens (tertiary/aromatic N) is 3. The standard InChI is InChI=1S/C22H28N4O4S/c1-3-31(29,30)26-11-9-19-18(14-26)22(28)24-21(23-19)17-8-10-25(13-17)20(27)12-16-6-4-15(2)5-7-16/h4-7,17H,3,8-14H2,1-2H3,(H,23,24,28). The molecule has 1 atom stereocenters. The Hall–Kier alpha value is -2.52. The highest BCUT2D eigenvalue weighted by atomic mass is 32.2. The zero-order valence-electron chi connectivity index (χ0n) is 17.9. The van der Waals surface area contributed by atoms with Crippen LogP contribution in [0.25, 0.3) is 0 Å². The van der Waals surface area contributed by atoms with Gasteiger partial charge in [-0.1, -0.05) is 29.8 Å². The minimum Gasteiger partial charge on any atom is -0.342 e. The van der Waals surface area contributed by atoms with Crippen LogP contribution in [0.1, 0.15) is 47.5 Å². The molecule has 1 fully saturated rings. The molecule has 0 radical (unpaired) electrons. The average Bonchev–Trinajstić information content (AvgIpc) is 3.25. The van der Waals surface area contributed by atoms with Crippen molar-refractivity contribution in [3.8, 4) is 0 Å². The molecule has 1 saturated heterocycles. The molecule has 1 N–H and O–H groups in total. The van der Waals surface area contributed by atoms with Gasteiger partial charge in [0.05, 0.1) is 23.4 Å². The Morgan fingerprint density at radius 2 is 1.97 bits per heavy atom. The summed E-state index contributed by atoms with van der Waals surface area (Å²) in [6.45, 7) is 5.19. The van der Waals surface area contributed by atoms with Crippen LogP contribution in [0, 0.1) is 6.92 Å². The second-order valence-corrected chi connectivity index (χ2v) is 10.6. The molecule has 0 bridgehead atoms. The Labute approximate surface area is 182 Å². The van der Waals surface area contributed by atoms with E-state index in [-0.39, 0.29) is 29.7 Å². The van der Waals surface area contributed by atoms with Gasteiger partial charge in [-0.25, -0.2) is 13.4 Å². The first-order valence-electron chi connectivity index (χ1n) is 10.7. The largest absolute Gasteiger partial charge is 0.342 e. The zero-order chi connectivity index (χ0) is 22.2. The number of aromatic nitrogens is 2. The van der Waals surface area contributed by atoms with E-state index in [1.165, 1.54) is 4.31 Å². The van der Waals surface area contributed by atoms with Crippen molar-refractivity contribution in [3.05, 3.63) is 62.8 Å². The monoisotopic (exact) mass is 444 g/mol. The van der Waals surface area contributed by atoms with E-state index in [4.69, 9.17) is 0 Å². The summed E-state index contributed by atoms with van der Waals surface area (Å²) in [6.07, 6.45) is 1.54. The number of nitrogens with one attached hydrogen (secondary N) is 1. The van der Waals surface area contributed by atoms with Crippen molar-refractivity contribution in [1.82, 2.24) is 19.2 Å². The molecule has 9 heteroatoms. The van der Waals surface area contributed by atoms with E-state index in [0.29, 0.717) is 49.6 Å². The van der Waals surface area contributed by atoms with Crippen molar-refractivity contribution in [2.24, 2.45) is 0 Å². The van der Waals surface area contributed by atoms with Crippen LogP contribution in [0.4, 0.5) is 0 Å². The predicted octanol–water partition coefficient (Wildman–Crippen LogP) is 1.34. The Bertz CT molecular complexity index is 1140. The predicted molar refractivity (Wildman–Crippen MR) is 117 cm³/mol. The summed E-state index contributed by atoms with van der Waals surface area (Å²) in [5.41, 5.74) is 2.98. The second kappa shape index (κ2) is 8.55. The van der Waals surface area contributed by atoms with Crippen LogP contribution in [0.3, 0.4) is 0 Å². The minimum atomic E-state index is -3.34. The van der Waals surface area contributed by atoms with Crippen molar-refractivity contribution in [2.45, 2.75) is 45.6 Å². The molecule has 1 aromatic heterocycles. The molecular formula is C22H28N4O4S. The van der Waals surface area contributed by atoms with Crippen LogP contribution < -0.4 is 5.56 Å². The highest BCUT2D eigenvalue weighted by Crippen LogP contribution is 2.26. The molecule has 31 heavy (non-hydrogen) atoms. The van der Waals surface area contributed by atoms with Gasteiger partial charge in [0.1, 0.15) is 5.82 Å². The SMILES string of the molecule is CCS(=O)(=O)N1CCc2nc(C3CCN(C(=O)Cc4ccc(C)cc4)C3)[nH]c(=O)c2C1. The summed E-state index contributed by atoms with van der Waals surface area (Å²) in [6, 6.07) is 7.96. The lowest BCUT2D eigenvalue weighted by molar-refractivity contribution is -0.129. The van der Waals surface area contributed by atoms with Gasteiger partial charge in [-0.3, -0.25) is 9.59 Å². The molecule has 1 unspecified atom stereocenters. The first kappa shape index (κ1) is 21.7. The number of rotatable bonds is 5. The fourth-order valence-electron chi connectivity index (χ4n) is 4.24. The number of benzene rings is 1. The van der Waals surface area contributed by atoms with Gasteiger partial charge < -0.3 is 9.88 Å². The Morgan fingerprint density at radius 1 is 1.23 bits per heavy atom. The summed E-state index contributed by atoms with van der Waals surface area (Å²) in [5.74, 6) is 0.672. The average molecular weight is 445 g/mol. The van der Waals surface area contributed by atoms with E-state index in [1.807, 2.05) is 36.1 Å². The normalized spacial score (nSPS) is 19.4. The van der Waals surface area contributed by atoms with Crippen LogP contribution in [0.2, 0.25) is 0 Å². The van der Waals surface area contributed by atoms with E-state index < -0.39 is 10.0 Å². The number of carbonyl (C=O) groups is 1. The third-order valence-electron chi connectivity index (χ3n) is 6.21. The van der Waals surface area contributed by atoms with Gasteiger partial charge in [-0.15, -0.1) is 0 Å². The molecule has 166 valence electrons. The van der Waals surface area contributed by atoms with E-state index in [1.54, 1.807) is 6.92 Å². The molecule has 3 heterocycles. The van der Waals surface area contributed by atoms with Gasteiger partial charge in [0.15, 0.2) is 0 Å². The maximum atomic E-state index is 12.7. The summed E-state index contributed by atoms with van der Waals surface area (Å²) < 4.78 is 25.7.